The molecule has 0 unspecified atom stereocenters. The van der Waals surface area contributed by atoms with Crippen molar-refractivity contribution in [2.45, 2.75) is 13.5 Å². The smallest absolute Gasteiger partial charge is 0.274 e. The van der Waals surface area contributed by atoms with Gasteiger partial charge in [0.2, 0.25) is 0 Å². The van der Waals surface area contributed by atoms with E-state index >= 15 is 0 Å². The van der Waals surface area contributed by atoms with Gasteiger partial charge in [-0.3, -0.25) is 9.78 Å². The third-order valence-electron chi connectivity index (χ3n) is 3.42. The van der Waals surface area contributed by atoms with Gasteiger partial charge in [-0.1, -0.05) is 17.7 Å². The van der Waals surface area contributed by atoms with Crippen molar-refractivity contribution in [3.05, 3.63) is 76.7 Å². The lowest BCUT2D eigenvalue weighted by atomic mass is 10.3. The Morgan fingerprint density at radius 3 is 2.77 bits per heavy atom. The maximum Gasteiger partial charge on any atom is 0.274 e. The third-order valence-corrected chi connectivity index (χ3v) is 3.71. The summed E-state index contributed by atoms with van der Waals surface area (Å²) in [6, 6.07) is 11.1. The molecule has 6 nitrogen and oxygen atoms in total. The molecule has 2 N–H and O–H groups in total. The standard InChI is InChI=1S/C18H15ClFN5O/c1-11-23-16(18(26)25-12-5-6-15(20)14(19)8-12)9-17(24-11)22-10-13-4-2-3-7-21-13/h2-9H,10H2,1H3,(H,25,26)(H,22,23,24). The summed E-state index contributed by atoms with van der Waals surface area (Å²) in [4.78, 5) is 25.0. The number of anilines is 2. The lowest BCUT2D eigenvalue weighted by Gasteiger charge is -2.09. The molecular weight excluding hydrogens is 357 g/mol. The summed E-state index contributed by atoms with van der Waals surface area (Å²) in [5.41, 5.74) is 1.40. The van der Waals surface area contributed by atoms with E-state index in [2.05, 4.69) is 25.6 Å². The first-order valence-electron chi connectivity index (χ1n) is 7.77. The molecule has 0 radical (unpaired) electrons. The number of hydrogen-bond donors (Lipinski definition) is 2. The highest BCUT2D eigenvalue weighted by molar-refractivity contribution is 6.31. The Bertz CT molecular complexity index is 936. The number of nitrogens with one attached hydrogen (secondary N) is 2. The lowest BCUT2D eigenvalue weighted by molar-refractivity contribution is 0.102. The van der Waals surface area contributed by atoms with Crippen molar-refractivity contribution in [1.29, 1.82) is 0 Å². The molecule has 0 saturated heterocycles. The van der Waals surface area contributed by atoms with Crippen LogP contribution in [0.3, 0.4) is 0 Å². The number of carbonyl (C=O) groups excluding carboxylic acids is 1. The van der Waals surface area contributed by atoms with Crippen molar-refractivity contribution in [2.75, 3.05) is 10.6 Å². The Hall–Kier alpha value is -3.06. The maximum absolute atomic E-state index is 13.2. The second-order valence-electron chi connectivity index (χ2n) is 5.44. The molecule has 1 aromatic carbocycles. The van der Waals surface area contributed by atoms with Gasteiger partial charge in [-0.05, 0) is 37.3 Å². The zero-order chi connectivity index (χ0) is 18.5. The Morgan fingerprint density at radius 2 is 2.04 bits per heavy atom. The molecule has 0 aliphatic rings. The fraction of sp³-hybridized carbons (Fsp3) is 0.111. The van der Waals surface area contributed by atoms with Crippen molar-refractivity contribution in [1.82, 2.24) is 15.0 Å². The van der Waals surface area contributed by atoms with Gasteiger partial charge in [0.05, 0.1) is 17.3 Å². The van der Waals surface area contributed by atoms with Crippen LogP contribution < -0.4 is 10.6 Å². The van der Waals surface area contributed by atoms with E-state index in [0.29, 0.717) is 23.9 Å². The lowest BCUT2D eigenvalue weighted by Crippen LogP contribution is -2.16. The van der Waals surface area contributed by atoms with E-state index in [0.717, 1.165) is 5.69 Å². The van der Waals surface area contributed by atoms with Crippen molar-refractivity contribution in [3.63, 3.8) is 0 Å². The second-order valence-corrected chi connectivity index (χ2v) is 5.85. The van der Waals surface area contributed by atoms with Gasteiger partial charge >= 0.3 is 0 Å². The van der Waals surface area contributed by atoms with Crippen LogP contribution in [0.1, 0.15) is 22.0 Å². The van der Waals surface area contributed by atoms with E-state index in [1.807, 2.05) is 18.2 Å². The second kappa shape index (κ2) is 7.88. The van der Waals surface area contributed by atoms with Crippen LogP contribution in [0.5, 0.6) is 0 Å². The Labute approximate surface area is 154 Å². The molecule has 132 valence electrons. The number of carbonyl (C=O) groups is 1. The molecule has 3 rings (SSSR count). The molecule has 0 aliphatic heterocycles. The SMILES string of the molecule is Cc1nc(NCc2ccccn2)cc(C(=O)Nc2ccc(F)c(Cl)c2)n1. The summed E-state index contributed by atoms with van der Waals surface area (Å²) < 4.78 is 13.2. The predicted molar refractivity (Wildman–Crippen MR) is 97.7 cm³/mol. The number of nitrogens with zero attached hydrogens (tertiary/aromatic N) is 3. The van der Waals surface area contributed by atoms with E-state index in [1.54, 1.807) is 13.1 Å². The normalized spacial score (nSPS) is 10.4. The van der Waals surface area contributed by atoms with E-state index < -0.39 is 11.7 Å². The van der Waals surface area contributed by atoms with E-state index in [-0.39, 0.29) is 10.7 Å². The van der Waals surface area contributed by atoms with Gasteiger partial charge in [-0.25, -0.2) is 14.4 Å². The zero-order valence-electron chi connectivity index (χ0n) is 13.8. The molecule has 2 heterocycles. The molecule has 0 atom stereocenters. The molecule has 0 bridgehead atoms. The molecule has 0 fully saturated rings. The van der Waals surface area contributed by atoms with Crippen LogP contribution in [-0.4, -0.2) is 20.9 Å². The topological polar surface area (TPSA) is 79.8 Å². The van der Waals surface area contributed by atoms with E-state index in [9.17, 15) is 9.18 Å². The van der Waals surface area contributed by atoms with Gasteiger partial charge in [0, 0.05) is 18.0 Å². The largest absolute Gasteiger partial charge is 0.364 e. The van der Waals surface area contributed by atoms with E-state index in [1.165, 1.54) is 24.3 Å². The van der Waals surface area contributed by atoms with Crippen LogP contribution in [0, 0.1) is 12.7 Å². The molecule has 0 saturated carbocycles. The molecule has 26 heavy (non-hydrogen) atoms. The number of benzene rings is 1. The first kappa shape index (κ1) is 17.8. The van der Waals surface area contributed by atoms with Crippen LogP contribution in [0.4, 0.5) is 15.9 Å². The monoisotopic (exact) mass is 371 g/mol. The summed E-state index contributed by atoms with van der Waals surface area (Å²) in [5.74, 6) is -0.0497. The number of amides is 1. The highest BCUT2D eigenvalue weighted by atomic mass is 35.5. The number of pyridine rings is 1. The van der Waals surface area contributed by atoms with E-state index in [4.69, 9.17) is 11.6 Å². The number of halogens is 2. The number of hydrogen-bond acceptors (Lipinski definition) is 5. The first-order valence-corrected chi connectivity index (χ1v) is 8.15. The van der Waals surface area contributed by atoms with Crippen LogP contribution in [0.25, 0.3) is 0 Å². The summed E-state index contributed by atoms with van der Waals surface area (Å²) in [6.07, 6.45) is 1.70. The van der Waals surface area contributed by atoms with Crippen molar-refractivity contribution >= 4 is 29.0 Å². The number of aryl methyl sites for hydroxylation is 1. The predicted octanol–water partition coefficient (Wildman–Crippen LogP) is 3.84. The molecule has 0 aliphatic carbocycles. The third kappa shape index (κ3) is 4.52. The van der Waals surface area contributed by atoms with Gasteiger partial charge in [0.1, 0.15) is 23.2 Å². The first-order chi connectivity index (χ1) is 12.5. The average Bonchev–Trinajstić information content (AvgIpc) is 2.63. The molecule has 2 aromatic heterocycles. The fourth-order valence-corrected chi connectivity index (χ4v) is 2.41. The summed E-state index contributed by atoms with van der Waals surface area (Å²) in [5, 5.41) is 5.68. The average molecular weight is 372 g/mol. The van der Waals surface area contributed by atoms with Crippen LogP contribution in [0.15, 0.2) is 48.7 Å². The van der Waals surface area contributed by atoms with Gasteiger partial charge in [-0.15, -0.1) is 0 Å². The van der Waals surface area contributed by atoms with Crippen LogP contribution in [0.2, 0.25) is 5.02 Å². The van der Waals surface area contributed by atoms with Gasteiger partial charge in [0.25, 0.3) is 5.91 Å². The van der Waals surface area contributed by atoms with Crippen molar-refractivity contribution in [3.8, 4) is 0 Å². The Balaban J connectivity index is 1.73. The van der Waals surface area contributed by atoms with Gasteiger partial charge < -0.3 is 10.6 Å². The molecular formula is C18H15ClFN5O. The number of aromatic nitrogens is 3. The van der Waals surface area contributed by atoms with Crippen LogP contribution >= 0.6 is 11.6 Å². The highest BCUT2D eigenvalue weighted by Crippen LogP contribution is 2.20. The quantitative estimate of drug-likeness (QED) is 0.712. The van der Waals surface area contributed by atoms with Crippen molar-refractivity contribution < 1.29 is 9.18 Å². The number of rotatable bonds is 5. The minimum absolute atomic E-state index is 0.0700. The molecule has 0 spiro atoms. The molecule has 8 heteroatoms. The summed E-state index contributed by atoms with van der Waals surface area (Å²) in [6.45, 7) is 2.16. The summed E-state index contributed by atoms with van der Waals surface area (Å²) >= 11 is 5.73. The molecule has 1 amide bonds. The highest BCUT2D eigenvalue weighted by Gasteiger charge is 2.12. The minimum atomic E-state index is -0.552. The van der Waals surface area contributed by atoms with Gasteiger partial charge in [0.15, 0.2) is 0 Å². The fourth-order valence-electron chi connectivity index (χ4n) is 2.23. The minimum Gasteiger partial charge on any atom is -0.364 e. The van der Waals surface area contributed by atoms with Crippen molar-refractivity contribution in [2.24, 2.45) is 0 Å². The van der Waals surface area contributed by atoms with Crippen LogP contribution in [-0.2, 0) is 6.54 Å². The maximum atomic E-state index is 13.2. The zero-order valence-corrected chi connectivity index (χ0v) is 14.6. The Morgan fingerprint density at radius 1 is 1.19 bits per heavy atom. The summed E-state index contributed by atoms with van der Waals surface area (Å²) in [7, 11) is 0. The Kier molecular flexibility index (Phi) is 5.38. The molecule has 3 aromatic rings. The van der Waals surface area contributed by atoms with Gasteiger partial charge in [-0.2, -0.15) is 0 Å².